The Labute approximate surface area is 103 Å². The van der Waals surface area contributed by atoms with Gasteiger partial charge in [-0.3, -0.25) is 0 Å². The van der Waals surface area contributed by atoms with Crippen molar-refractivity contribution < 1.29 is 9.13 Å². The SMILES string of the molecule is COc1cc(C2CCCNC2)c(F)cc1Br. The topological polar surface area (TPSA) is 21.3 Å². The van der Waals surface area contributed by atoms with E-state index in [2.05, 4.69) is 21.2 Å². The number of hydrogen-bond acceptors (Lipinski definition) is 2. The van der Waals surface area contributed by atoms with Gasteiger partial charge < -0.3 is 10.1 Å². The molecule has 1 N–H and O–H groups in total. The fourth-order valence-corrected chi connectivity index (χ4v) is 2.61. The molecule has 0 spiro atoms. The number of halogens is 2. The minimum Gasteiger partial charge on any atom is -0.496 e. The maximum absolute atomic E-state index is 13.8. The van der Waals surface area contributed by atoms with E-state index in [-0.39, 0.29) is 11.7 Å². The molecule has 88 valence electrons. The van der Waals surface area contributed by atoms with Crippen LogP contribution in [0.4, 0.5) is 4.39 Å². The van der Waals surface area contributed by atoms with Gasteiger partial charge in [0.15, 0.2) is 0 Å². The van der Waals surface area contributed by atoms with E-state index >= 15 is 0 Å². The lowest BCUT2D eigenvalue weighted by atomic mass is 9.91. The summed E-state index contributed by atoms with van der Waals surface area (Å²) in [5.41, 5.74) is 0.757. The van der Waals surface area contributed by atoms with Gasteiger partial charge in [-0.1, -0.05) is 0 Å². The smallest absolute Gasteiger partial charge is 0.133 e. The van der Waals surface area contributed by atoms with Crippen molar-refractivity contribution in [3.8, 4) is 5.75 Å². The molecule has 16 heavy (non-hydrogen) atoms. The van der Waals surface area contributed by atoms with Crippen LogP contribution in [0.3, 0.4) is 0 Å². The molecule has 2 rings (SSSR count). The largest absolute Gasteiger partial charge is 0.496 e. The molecule has 1 atom stereocenters. The third-order valence-corrected chi connectivity index (χ3v) is 3.63. The van der Waals surface area contributed by atoms with Crippen LogP contribution in [0.5, 0.6) is 5.75 Å². The lowest BCUT2D eigenvalue weighted by molar-refractivity contribution is 0.404. The number of ether oxygens (including phenoxy) is 1. The van der Waals surface area contributed by atoms with Crippen LogP contribution < -0.4 is 10.1 Å². The maximum Gasteiger partial charge on any atom is 0.133 e. The molecule has 1 aliphatic heterocycles. The van der Waals surface area contributed by atoms with Crippen LogP contribution in [0, 0.1) is 5.82 Å². The number of piperidine rings is 1. The standard InChI is InChI=1S/C12H15BrFNO/c1-16-12-5-9(11(14)6-10(12)13)8-3-2-4-15-7-8/h5-6,8,15H,2-4,7H2,1H3. The Kier molecular flexibility index (Phi) is 3.82. The summed E-state index contributed by atoms with van der Waals surface area (Å²) >= 11 is 3.28. The highest BCUT2D eigenvalue weighted by Gasteiger charge is 2.20. The zero-order valence-electron chi connectivity index (χ0n) is 9.22. The summed E-state index contributed by atoms with van der Waals surface area (Å²) in [7, 11) is 1.60. The van der Waals surface area contributed by atoms with Crippen molar-refractivity contribution in [3.63, 3.8) is 0 Å². The number of nitrogens with one attached hydrogen (secondary N) is 1. The van der Waals surface area contributed by atoms with E-state index in [0.29, 0.717) is 10.2 Å². The van der Waals surface area contributed by atoms with E-state index in [1.54, 1.807) is 13.2 Å². The Balaban J connectivity index is 2.31. The quantitative estimate of drug-likeness (QED) is 0.903. The van der Waals surface area contributed by atoms with Gasteiger partial charge >= 0.3 is 0 Å². The van der Waals surface area contributed by atoms with Crippen molar-refractivity contribution in [1.82, 2.24) is 5.32 Å². The first kappa shape index (κ1) is 11.9. The summed E-state index contributed by atoms with van der Waals surface area (Å²) in [4.78, 5) is 0. The van der Waals surface area contributed by atoms with Gasteiger partial charge in [0.1, 0.15) is 11.6 Å². The van der Waals surface area contributed by atoms with Crippen molar-refractivity contribution in [2.75, 3.05) is 20.2 Å². The van der Waals surface area contributed by atoms with Crippen LogP contribution >= 0.6 is 15.9 Å². The summed E-state index contributed by atoms with van der Waals surface area (Å²) in [6, 6.07) is 3.29. The molecule has 0 bridgehead atoms. The highest BCUT2D eigenvalue weighted by atomic mass is 79.9. The van der Waals surface area contributed by atoms with Crippen molar-refractivity contribution in [1.29, 1.82) is 0 Å². The molecule has 0 saturated carbocycles. The first-order valence-electron chi connectivity index (χ1n) is 5.46. The lowest BCUT2D eigenvalue weighted by Gasteiger charge is -2.24. The number of hydrogen-bond donors (Lipinski definition) is 1. The second-order valence-corrected chi connectivity index (χ2v) is 4.91. The molecular formula is C12H15BrFNO. The van der Waals surface area contributed by atoms with Gasteiger partial charge in [0.25, 0.3) is 0 Å². The second kappa shape index (κ2) is 5.15. The van der Waals surface area contributed by atoms with E-state index in [9.17, 15) is 4.39 Å². The maximum atomic E-state index is 13.8. The summed E-state index contributed by atoms with van der Waals surface area (Å²) in [6.45, 7) is 1.88. The minimum absolute atomic E-state index is 0.152. The summed E-state index contributed by atoms with van der Waals surface area (Å²) in [5, 5.41) is 3.29. The van der Waals surface area contributed by atoms with Crippen molar-refractivity contribution in [3.05, 3.63) is 28.0 Å². The van der Waals surface area contributed by atoms with Gasteiger partial charge in [-0.15, -0.1) is 0 Å². The van der Waals surface area contributed by atoms with Crippen LogP contribution in [-0.4, -0.2) is 20.2 Å². The molecule has 0 aromatic heterocycles. The van der Waals surface area contributed by atoms with E-state index in [0.717, 1.165) is 31.5 Å². The Morgan fingerprint density at radius 2 is 2.31 bits per heavy atom. The molecular weight excluding hydrogens is 273 g/mol. The Morgan fingerprint density at radius 3 is 2.94 bits per heavy atom. The highest BCUT2D eigenvalue weighted by Crippen LogP contribution is 2.33. The number of methoxy groups -OCH3 is 1. The first-order valence-corrected chi connectivity index (χ1v) is 6.25. The fraction of sp³-hybridized carbons (Fsp3) is 0.500. The monoisotopic (exact) mass is 287 g/mol. The predicted molar refractivity (Wildman–Crippen MR) is 65.5 cm³/mol. The van der Waals surface area contributed by atoms with Gasteiger partial charge in [-0.25, -0.2) is 4.39 Å². The Hall–Kier alpha value is -0.610. The highest BCUT2D eigenvalue weighted by molar-refractivity contribution is 9.10. The van der Waals surface area contributed by atoms with E-state index in [4.69, 9.17) is 4.74 Å². The molecule has 0 radical (unpaired) electrons. The molecule has 1 aromatic rings. The van der Waals surface area contributed by atoms with Crippen LogP contribution in [0.2, 0.25) is 0 Å². The normalized spacial score (nSPS) is 20.8. The third kappa shape index (κ3) is 2.38. The number of rotatable bonds is 2. The van der Waals surface area contributed by atoms with Crippen LogP contribution in [0.15, 0.2) is 16.6 Å². The average molecular weight is 288 g/mol. The first-order chi connectivity index (χ1) is 7.72. The molecule has 1 heterocycles. The average Bonchev–Trinajstić information content (AvgIpc) is 2.30. The zero-order chi connectivity index (χ0) is 11.5. The van der Waals surface area contributed by atoms with E-state index < -0.39 is 0 Å². The number of benzene rings is 1. The minimum atomic E-state index is -0.152. The van der Waals surface area contributed by atoms with E-state index in [1.165, 1.54) is 6.07 Å². The fourth-order valence-electron chi connectivity index (χ4n) is 2.13. The third-order valence-electron chi connectivity index (χ3n) is 3.01. The van der Waals surface area contributed by atoms with Crippen LogP contribution in [0.25, 0.3) is 0 Å². The van der Waals surface area contributed by atoms with Crippen LogP contribution in [-0.2, 0) is 0 Å². The zero-order valence-corrected chi connectivity index (χ0v) is 10.8. The second-order valence-electron chi connectivity index (χ2n) is 4.05. The van der Waals surface area contributed by atoms with Gasteiger partial charge in [0.2, 0.25) is 0 Å². The van der Waals surface area contributed by atoms with E-state index in [1.807, 2.05) is 0 Å². The molecule has 1 saturated heterocycles. The van der Waals surface area contributed by atoms with Gasteiger partial charge in [0.05, 0.1) is 11.6 Å². The molecule has 4 heteroatoms. The Bertz CT molecular complexity index is 378. The summed E-state index contributed by atoms with van der Waals surface area (Å²) in [5.74, 6) is 0.805. The molecule has 1 aliphatic rings. The molecule has 2 nitrogen and oxygen atoms in total. The molecule has 1 fully saturated rings. The van der Waals surface area contributed by atoms with Crippen LogP contribution in [0.1, 0.15) is 24.3 Å². The molecule has 0 amide bonds. The summed E-state index contributed by atoms with van der Waals surface area (Å²) in [6.07, 6.45) is 2.14. The predicted octanol–water partition coefficient (Wildman–Crippen LogP) is 3.06. The van der Waals surface area contributed by atoms with Gasteiger partial charge in [-0.05, 0) is 58.9 Å². The lowest BCUT2D eigenvalue weighted by Crippen LogP contribution is -2.28. The summed E-state index contributed by atoms with van der Waals surface area (Å²) < 4.78 is 19.7. The van der Waals surface area contributed by atoms with Gasteiger partial charge in [0, 0.05) is 6.54 Å². The van der Waals surface area contributed by atoms with Gasteiger partial charge in [-0.2, -0.15) is 0 Å². The molecule has 1 unspecified atom stereocenters. The van der Waals surface area contributed by atoms with Crippen molar-refractivity contribution in [2.45, 2.75) is 18.8 Å². The Morgan fingerprint density at radius 1 is 1.50 bits per heavy atom. The van der Waals surface area contributed by atoms with Crippen molar-refractivity contribution >= 4 is 15.9 Å². The van der Waals surface area contributed by atoms with Crippen molar-refractivity contribution in [2.24, 2.45) is 0 Å². The molecule has 0 aliphatic carbocycles. The molecule has 1 aromatic carbocycles.